The summed E-state index contributed by atoms with van der Waals surface area (Å²) in [5.41, 5.74) is 4.81. The number of para-hydroxylation sites is 1. The molecule has 1 atom stereocenters. The zero-order valence-electron chi connectivity index (χ0n) is 22.0. The van der Waals surface area contributed by atoms with Gasteiger partial charge in [-0.3, -0.25) is 9.89 Å². The van der Waals surface area contributed by atoms with Gasteiger partial charge in [-0.25, -0.2) is 4.39 Å². The highest BCUT2D eigenvalue weighted by Crippen LogP contribution is 2.35. The van der Waals surface area contributed by atoms with Gasteiger partial charge in [-0.15, -0.1) is 0 Å². The van der Waals surface area contributed by atoms with Crippen molar-refractivity contribution in [2.45, 2.75) is 13.5 Å². The van der Waals surface area contributed by atoms with E-state index in [2.05, 4.69) is 15.5 Å². The third-order valence-electron chi connectivity index (χ3n) is 6.58. The molecule has 5 rings (SSSR count). The Labute approximate surface area is 231 Å². The van der Waals surface area contributed by atoms with Gasteiger partial charge in [0, 0.05) is 30.7 Å². The van der Waals surface area contributed by atoms with Gasteiger partial charge < -0.3 is 15.2 Å². The van der Waals surface area contributed by atoms with Gasteiger partial charge in [-0.05, 0) is 54.4 Å². The minimum Gasteiger partial charge on any atom is -0.396 e. The molecule has 0 spiro atoms. The van der Waals surface area contributed by atoms with E-state index in [4.69, 9.17) is 9.84 Å². The van der Waals surface area contributed by atoms with E-state index in [9.17, 15) is 14.3 Å². The van der Waals surface area contributed by atoms with Crippen LogP contribution in [-0.4, -0.2) is 44.8 Å². The SMILES string of the molecule is Cc1ccccc1-n1nc(-c2c(NC[C@H](CO)COCc3ccccc3)n[nH]c2-c2ccc(F)cc2)ccc1=O. The summed E-state index contributed by atoms with van der Waals surface area (Å²) in [7, 11) is 0. The maximum Gasteiger partial charge on any atom is 0.271 e. The summed E-state index contributed by atoms with van der Waals surface area (Å²) in [6, 6.07) is 26.5. The molecule has 0 radical (unpaired) electrons. The van der Waals surface area contributed by atoms with Crippen molar-refractivity contribution in [3.63, 3.8) is 0 Å². The summed E-state index contributed by atoms with van der Waals surface area (Å²) in [6.45, 7) is 3.01. The first-order valence-corrected chi connectivity index (χ1v) is 13.0. The highest BCUT2D eigenvalue weighted by Gasteiger charge is 2.21. The lowest BCUT2D eigenvalue weighted by atomic mass is 10.0. The number of nitrogens with zero attached hydrogens (tertiary/aromatic N) is 3. The molecule has 0 saturated heterocycles. The van der Waals surface area contributed by atoms with E-state index in [1.54, 1.807) is 18.2 Å². The summed E-state index contributed by atoms with van der Waals surface area (Å²) in [5.74, 6) is -0.0598. The maximum atomic E-state index is 13.7. The molecule has 2 aromatic heterocycles. The Hall–Kier alpha value is -4.60. The van der Waals surface area contributed by atoms with Crippen LogP contribution in [0.3, 0.4) is 0 Å². The molecule has 0 fully saturated rings. The Morgan fingerprint density at radius 3 is 2.50 bits per heavy atom. The third kappa shape index (κ3) is 6.17. The van der Waals surface area contributed by atoms with Crippen LogP contribution in [0.15, 0.2) is 95.8 Å². The number of hydrogen-bond donors (Lipinski definition) is 3. The van der Waals surface area contributed by atoms with Gasteiger partial charge in [-0.2, -0.15) is 14.9 Å². The van der Waals surface area contributed by atoms with E-state index in [1.165, 1.54) is 22.9 Å². The number of aryl methyl sites for hydroxylation is 1. The summed E-state index contributed by atoms with van der Waals surface area (Å²) >= 11 is 0. The number of aliphatic hydroxyl groups excluding tert-OH is 1. The van der Waals surface area contributed by atoms with E-state index < -0.39 is 0 Å². The molecule has 3 N–H and O–H groups in total. The average Bonchev–Trinajstić information content (AvgIpc) is 3.40. The van der Waals surface area contributed by atoms with Crippen LogP contribution in [0.1, 0.15) is 11.1 Å². The summed E-state index contributed by atoms with van der Waals surface area (Å²) in [5, 5.41) is 25.5. The second-order valence-corrected chi connectivity index (χ2v) is 9.51. The molecule has 9 heteroatoms. The van der Waals surface area contributed by atoms with Crippen molar-refractivity contribution in [3.8, 4) is 28.2 Å². The fraction of sp³-hybridized carbons (Fsp3) is 0.194. The van der Waals surface area contributed by atoms with Crippen molar-refractivity contribution in [2.75, 3.05) is 25.1 Å². The summed E-state index contributed by atoms with van der Waals surface area (Å²) in [4.78, 5) is 12.8. The fourth-order valence-corrected chi connectivity index (χ4v) is 4.40. The molecule has 5 aromatic rings. The van der Waals surface area contributed by atoms with Gasteiger partial charge in [0.2, 0.25) is 0 Å². The molecule has 0 unspecified atom stereocenters. The van der Waals surface area contributed by atoms with Crippen LogP contribution in [0, 0.1) is 18.7 Å². The minimum atomic E-state index is -0.351. The molecular weight excluding hydrogens is 509 g/mol. The third-order valence-corrected chi connectivity index (χ3v) is 6.58. The standard InChI is InChI=1S/C31H30FN5O3/c1-21-7-5-6-10-27(21)37-28(39)16-15-26(36-37)29-30(24-11-13-25(32)14-12-24)34-35-31(29)33-17-23(18-38)20-40-19-22-8-3-2-4-9-22/h2-16,23,38H,17-20H2,1H3,(H2,33,34,35)/t23-/m1/s1. The van der Waals surface area contributed by atoms with Gasteiger partial charge in [0.05, 0.1) is 35.9 Å². The number of halogens is 1. The topological polar surface area (TPSA) is 105 Å². The Morgan fingerprint density at radius 1 is 1.00 bits per heavy atom. The number of aliphatic hydroxyl groups is 1. The molecule has 0 aliphatic heterocycles. The van der Waals surface area contributed by atoms with Gasteiger partial charge in [0.15, 0.2) is 5.82 Å². The first-order valence-electron chi connectivity index (χ1n) is 13.0. The predicted octanol–water partition coefficient (Wildman–Crippen LogP) is 4.97. The molecule has 0 aliphatic carbocycles. The molecule has 0 aliphatic rings. The van der Waals surface area contributed by atoms with E-state index >= 15 is 0 Å². The zero-order chi connectivity index (χ0) is 27.9. The van der Waals surface area contributed by atoms with Crippen LogP contribution in [-0.2, 0) is 11.3 Å². The zero-order valence-corrected chi connectivity index (χ0v) is 22.0. The van der Waals surface area contributed by atoms with Gasteiger partial charge in [0.1, 0.15) is 5.82 Å². The number of benzene rings is 3. The first kappa shape index (κ1) is 27.0. The molecular formula is C31H30FN5O3. The van der Waals surface area contributed by atoms with Crippen molar-refractivity contribution in [1.82, 2.24) is 20.0 Å². The predicted molar refractivity (Wildman–Crippen MR) is 153 cm³/mol. The number of hydrogen-bond acceptors (Lipinski definition) is 6. The van der Waals surface area contributed by atoms with Gasteiger partial charge in [0.25, 0.3) is 5.56 Å². The average molecular weight is 540 g/mol. The van der Waals surface area contributed by atoms with E-state index in [0.29, 0.717) is 53.8 Å². The van der Waals surface area contributed by atoms with Crippen LogP contribution >= 0.6 is 0 Å². The molecule has 8 nitrogen and oxygen atoms in total. The Kier molecular flexibility index (Phi) is 8.44. The number of anilines is 1. The molecule has 0 saturated carbocycles. The Balaban J connectivity index is 1.45. The van der Waals surface area contributed by atoms with E-state index in [-0.39, 0.29) is 23.9 Å². The van der Waals surface area contributed by atoms with Crippen LogP contribution in [0.2, 0.25) is 0 Å². The van der Waals surface area contributed by atoms with Crippen LogP contribution < -0.4 is 10.9 Å². The molecule has 0 amide bonds. The number of rotatable bonds is 11. The lowest BCUT2D eigenvalue weighted by Crippen LogP contribution is -2.24. The number of aromatic nitrogens is 4. The van der Waals surface area contributed by atoms with Crippen LogP contribution in [0.25, 0.3) is 28.2 Å². The summed E-state index contributed by atoms with van der Waals surface area (Å²) < 4.78 is 20.9. The molecule has 3 aromatic carbocycles. The highest BCUT2D eigenvalue weighted by atomic mass is 19.1. The van der Waals surface area contributed by atoms with Gasteiger partial charge >= 0.3 is 0 Å². The van der Waals surface area contributed by atoms with E-state index in [0.717, 1.165) is 11.1 Å². The minimum absolute atomic E-state index is 0.0806. The molecule has 2 heterocycles. The molecule has 0 bridgehead atoms. The second kappa shape index (κ2) is 12.5. The number of H-pyrrole nitrogens is 1. The molecule has 40 heavy (non-hydrogen) atoms. The highest BCUT2D eigenvalue weighted by molar-refractivity contribution is 5.87. The van der Waals surface area contributed by atoms with Crippen LogP contribution in [0.5, 0.6) is 0 Å². The normalized spacial score (nSPS) is 11.9. The van der Waals surface area contributed by atoms with Crippen molar-refractivity contribution in [2.24, 2.45) is 5.92 Å². The lowest BCUT2D eigenvalue weighted by molar-refractivity contribution is 0.0675. The largest absolute Gasteiger partial charge is 0.396 e. The van der Waals surface area contributed by atoms with Crippen molar-refractivity contribution < 1.29 is 14.2 Å². The van der Waals surface area contributed by atoms with Gasteiger partial charge in [-0.1, -0.05) is 48.5 Å². The first-order chi connectivity index (χ1) is 19.5. The van der Waals surface area contributed by atoms with Crippen molar-refractivity contribution >= 4 is 5.82 Å². The number of aromatic amines is 1. The van der Waals surface area contributed by atoms with Crippen molar-refractivity contribution in [1.29, 1.82) is 0 Å². The number of ether oxygens (including phenoxy) is 1. The quantitative estimate of drug-likeness (QED) is 0.219. The summed E-state index contributed by atoms with van der Waals surface area (Å²) in [6.07, 6.45) is 0. The second-order valence-electron chi connectivity index (χ2n) is 9.51. The van der Waals surface area contributed by atoms with E-state index in [1.807, 2.05) is 61.5 Å². The maximum absolute atomic E-state index is 13.7. The Morgan fingerprint density at radius 2 is 1.75 bits per heavy atom. The molecule has 204 valence electrons. The van der Waals surface area contributed by atoms with Crippen molar-refractivity contribution in [3.05, 3.63) is 118 Å². The monoisotopic (exact) mass is 539 g/mol. The fourth-order valence-electron chi connectivity index (χ4n) is 4.40. The smallest absolute Gasteiger partial charge is 0.271 e. The van der Waals surface area contributed by atoms with Crippen LogP contribution in [0.4, 0.5) is 10.2 Å². The Bertz CT molecular complexity index is 1620. The lowest BCUT2D eigenvalue weighted by Gasteiger charge is -2.16. The number of nitrogens with one attached hydrogen (secondary N) is 2.